The number of nitrogens with one attached hydrogen (secondary N) is 1. The third-order valence-corrected chi connectivity index (χ3v) is 5.45. The number of pyridine rings is 1. The molecule has 0 saturated heterocycles. The van der Waals surface area contributed by atoms with E-state index in [2.05, 4.69) is 15.4 Å². The highest BCUT2D eigenvalue weighted by atomic mass is 16.3. The Hall–Kier alpha value is -4.52. The lowest BCUT2D eigenvalue weighted by atomic mass is 10.0. The Labute approximate surface area is 189 Å². The van der Waals surface area contributed by atoms with Gasteiger partial charge in [0.25, 0.3) is 5.91 Å². The summed E-state index contributed by atoms with van der Waals surface area (Å²) < 4.78 is 7.81. The number of aromatic nitrogens is 3. The molecule has 2 aromatic carbocycles. The van der Waals surface area contributed by atoms with Gasteiger partial charge < -0.3 is 9.73 Å². The van der Waals surface area contributed by atoms with Crippen molar-refractivity contribution in [1.82, 2.24) is 20.1 Å². The first kappa shape index (κ1) is 20.4. The molecule has 0 radical (unpaired) electrons. The quantitative estimate of drug-likeness (QED) is 0.444. The zero-order valence-electron chi connectivity index (χ0n) is 17.9. The Balaban J connectivity index is 1.51. The number of hydrogen-bond acceptors (Lipinski definition) is 5. The van der Waals surface area contributed by atoms with Crippen LogP contribution in [0.4, 0.5) is 0 Å². The average Bonchev–Trinajstić information content (AvgIpc) is 3.40. The number of carbonyl (C=O) groups excluding carboxylic acids is 1. The van der Waals surface area contributed by atoms with Crippen molar-refractivity contribution in [1.29, 1.82) is 0 Å². The fraction of sp³-hybridized carbons (Fsp3) is 0.0769. The molecule has 1 N–H and O–H groups in total. The van der Waals surface area contributed by atoms with E-state index in [1.165, 1.54) is 0 Å². The van der Waals surface area contributed by atoms with Crippen LogP contribution in [-0.2, 0) is 6.54 Å². The van der Waals surface area contributed by atoms with E-state index in [1.807, 2.05) is 42.5 Å². The molecule has 0 aliphatic carbocycles. The van der Waals surface area contributed by atoms with E-state index in [0.29, 0.717) is 28.1 Å². The van der Waals surface area contributed by atoms with Crippen LogP contribution in [0.25, 0.3) is 28.1 Å². The molecule has 7 nitrogen and oxygen atoms in total. The molecule has 162 valence electrons. The van der Waals surface area contributed by atoms with Gasteiger partial charge >= 0.3 is 0 Å². The number of nitrogens with zero attached hydrogens (tertiary/aromatic N) is 3. The average molecular weight is 436 g/mol. The number of fused-ring (bicyclic) bond motifs is 1. The first-order chi connectivity index (χ1) is 16.1. The topological polar surface area (TPSA) is 90.0 Å². The highest BCUT2D eigenvalue weighted by molar-refractivity contribution is 6.05. The van der Waals surface area contributed by atoms with Gasteiger partial charge in [0.2, 0.25) is 0 Å². The second-order valence-corrected chi connectivity index (χ2v) is 7.55. The summed E-state index contributed by atoms with van der Waals surface area (Å²) in [5.41, 5.74) is 2.50. The molecule has 3 aromatic heterocycles. The molecule has 0 spiro atoms. The molecule has 1 amide bonds. The van der Waals surface area contributed by atoms with Gasteiger partial charge in [-0.2, -0.15) is 5.10 Å². The first-order valence-corrected chi connectivity index (χ1v) is 10.5. The van der Waals surface area contributed by atoms with Crippen molar-refractivity contribution >= 4 is 16.9 Å². The van der Waals surface area contributed by atoms with Crippen LogP contribution in [0.3, 0.4) is 0 Å². The summed E-state index contributed by atoms with van der Waals surface area (Å²) in [5, 5.41) is 7.52. The molecule has 0 saturated carbocycles. The van der Waals surface area contributed by atoms with E-state index < -0.39 is 0 Å². The van der Waals surface area contributed by atoms with Gasteiger partial charge in [0.05, 0.1) is 10.9 Å². The van der Waals surface area contributed by atoms with Gasteiger partial charge in [0, 0.05) is 41.8 Å². The normalized spacial score (nSPS) is 10.9. The lowest BCUT2D eigenvalue weighted by Crippen LogP contribution is -2.24. The summed E-state index contributed by atoms with van der Waals surface area (Å²) in [4.78, 5) is 30.6. The molecule has 0 unspecified atom stereocenters. The highest BCUT2D eigenvalue weighted by Gasteiger charge is 2.18. The van der Waals surface area contributed by atoms with Gasteiger partial charge in [-0.15, -0.1) is 0 Å². The molecular formula is C26H20N4O3. The number of benzene rings is 2. The monoisotopic (exact) mass is 436 g/mol. The largest absolute Gasteiger partial charge is 0.455 e. The maximum atomic E-state index is 13.2. The number of para-hydroxylation sites is 1. The molecule has 0 fully saturated rings. The SMILES string of the molecule is Cc1c(-c2ccccc2)oc2c(C(=O)NCc3cccnc3-n3cccn3)cccc2c1=O. The van der Waals surface area contributed by atoms with E-state index in [-0.39, 0.29) is 23.5 Å². The minimum atomic E-state index is -0.345. The smallest absolute Gasteiger partial charge is 0.255 e. The zero-order chi connectivity index (χ0) is 22.8. The van der Waals surface area contributed by atoms with Crippen molar-refractivity contribution in [2.45, 2.75) is 13.5 Å². The maximum absolute atomic E-state index is 13.2. The Bertz CT molecular complexity index is 1510. The molecule has 3 heterocycles. The number of hydrogen-bond donors (Lipinski definition) is 1. The van der Waals surface area contributed by atoms with Crippen LogP contribution in [-0.4, -0.2) is 20.7 Å². The van der Waals surface area contributed by atoms with Crippen molar-refractivity contribution in [2.75, 3.05) is 0 Å². The van der Waals surface area contributed by atoms with E-state index >= 15 is 0 Å². The maximum Gasteiger partial charge on any atom is 0.255 e. The molecule has 0 aliphatic rings. The highest BCUT2D eigenvalue weighted by Crippen LogP contribution is 2.27. The Morgan fingerprint density at radius 1 is 1.00 bits per heavy atom. The van der Waals surface area contributed by atoms with Gasteiger partial charge in [-0.3, -0.25) is 9.59 Å². The summed E-state index contributed by atoms with van der Waals surface area (Å²) in [6, 6.07) is 19.9. The molecular weight excluding hydrogens is 416 g/mol. The van der Waals surface area contributed by atoms with Crippen molar-refractivity contribution in [3.05, 3.63) is 112 Å². The van der Waals surface area contributed by atoms with Crippen LogP contribution in [0.2, 0.25) is 0 Å². The summed E-state index contributed by atoms with van der Waals surface area (Å²) in [5.74, 6) is 0.748. The second kappa shape index (κ2) is 8.55. The van der Waals surface area contributed by atoms with Gasteiger partial charge in [0.15, 0.2) is 16.8 Å². The Morgan fingerprint density at radius 2 is 1.85 bits per heavy atom. The van der Waals surface area contributed by atoms with Gasteiger partial charge in [-0.1, -0.05) is 42.5 Å². The van der Waals surface area contributed by atoms with Crippen LogP contribution in [0.5, 0.6) is 0 Å². The minimum Gasteiger partial charge on any atom is -0.455 e. The predicted molar refractivity (Wildman–Crippen MR) is 125 cm³/mol. The van der Waals surface area contributed by atoms with E-state index in [1.54, 1.807) is 54.5 Å². The molecule has 5 aromatic rings. The third kappa shape index (κ3) is 3.80. The number of carbonyl (C=O) groups is 1. The lowest BCUT2D eigenvalue weighted by Gasteiger charge is -2.12. The second-order valence-electron chi connectivity index (χ2n) is 7.55. The van der Waals surface area contributed by atoms with Crippen LogP contribution in [0.1, 0.15) is 21.5 Å². The fourth-order valence-electron chi connectivity index (χ4n) is 3.79. The molecule has 0 aliphatic heterocycles. The summed E-state index contributed by atoms with van der Waals surface area (Å²) >= 11 is 0. The molecule has 7 heteroatoms. The van der Waals surface area contributed by atoms with E-state index in [0.717, 1.165) is 11.1 Å². The van der Waals surface area contributed by atoms with Crippen LogP contribution < -0.4 is 10.7 Å². The summed E-state index contributed by atoms with van der Waals surface area (Å²) in [6.07, 6.45) is 5.14. The van der Waals surface area contributed by atoms with Gasteiger partial charge in [0.1, 0.15) is 5.76 Å². The standard InChI is InChI=1S/C26H20N4O3/c1-17-22(31)20-11-5-12-21(24(20)33-23(17)18-8-3-2-4-9-18)26(32)28-16-19-10-6-13-27-25(19)30-15-7-14-29-30/h2-15H,16H2,1H3,(H,28,32). The van der Waals surface area contributed by atoms with Crippen LogP contribution in [0.15, 0.2) is 94.5 Å². The van der Waals surface area contributed by atoms with Crippen molar-refractivity contribution in [3.8, 4) is 17.1 Å². The van der Waals surface area contributed by atoms with E-state index in [9.17, 15) is 9.59 Å². The Morgan fingerprint density at radius 3 is 2.64 bits per heavy atom. The molecule has 33 heavy (non-hydrogen) atoms. The minimum absolute atomic E-state index is 0.155. The number of rotatable bonds is 5. The van der Waals surface area contributed by atoms with Crippen LogP contribution >= 0.6 is 0 Å². The van der Waals surface area contributed by atoms with Crippen molar-refractivity contribution in [2.24, 2.45) is 0 Å². The molecule has 0 bridgehead atoms. The first-order valence-electron chi connectivity index (χ1n) is 10.5. The third-order valence-electron chi connectivity index (χ3n) is 5.45. The zero-order valence-corrected chi connectivity index (χ0v) is 17.9. The Kier molecular flexibility index (Phi) is 5.28. The predicted octanol–water partition coefficient (Wildman–Crippen LogP) is 4.28. The summed E-state index contributed by atoms with van der Waals surface area (Å²) in [6.45, 7) is 1.97. The number of amides is 1. The van der Waals surface area contributed by atoms with Gasteiger partial charge in [-0.05, 0) is 31.2 Å². The van der Waals surface area contributed by atoms with Crippen molar-refractivity contribution in [3.63, 3.8) is 0 Å². The fourth-order valence-corrected chi connectivity index (χ4v) is 3.79. The lowest BCUT2D eigenvalue weighted by molar-refractivity contribution is 0.0951. The van der Waals surface area contributed by atoms with Gasteiger partial charge in [-0.25, -0.2) is 9.67 Å². The molecule has 0 atom stereocenters. The van der Waals surface area contributed by atoms with Crippen LogP contribution in [0, 0.1) is 6.92 Å². The van der Waals surface area contributed by atoms with E-state index in [4.69, 9.17) is 4.42 Å². The molecule has 5 rings (SSSR count). The van der Waals surface area contributed by atoms with Crippen molar-refractivity contribution < 1.29 is 9.21 Å². The summed E-state index contributed by atoms with van der Waals surface area (Å²) in [7, 11) is 0.